The lowest BCUT2D eigenvalue weighted by Crippen LogP contribution is -2.44. The largest absolute Gasteiger partial charge is 0.508 e. The van der Waals surface area contributed by atoms with Crippen LogP contribution >= 0.6 is 11.5 Å². The summed E-state index contributed by atoms with van der Waals surface area (Å²) < 4.78 is 4.30. The van der Waals surface area contributed by atoms with Crippen molar-refractivity contribution in [3.8, 4) is 5.75 Å². The number of nitrogen functional groups attached to an aromatic ring is 1. The zero-order chi connectivity index (χ0) is 31.1. The fraction of sp³-hybridized carbons (Fsp3) is 0.294. The SMILES string of the molecule is Cc1ccccc1N(C(=O)c1snc(C(=O)NC2CCCCC2)c1N)[C@H](C(=O)NCCc1ccccc1)c1ccc(O)cc1. The molecule has 10 heteroatoms. The maximum atomic E-state index is 14.5. The highest BCUT2D eigenvalue weighted by Crippen LogP contribution is 2.35. The van der Waals surface area contributed by atoms with Gasteiger partial charge in [0.15, 0.2) is 5.69 Å². The van der Waals surface area contributed by atoms with Gasteiger partial charge in [0.05, 0.1) is 5.69 Å². The summed E-state index contributed by atoms with van der Waals surface area (Å²) >= 11 is 0.847. The van der Waals surface area contributed by atoms with E-state index in [2.05, 4.69) is 15.0 Å². The third kappa shape index (κ3) is 7.08. The van der Waals surface area contributed by atoms with E-state index in [-0.39, 0.29) is 28.0 Å². The number of aryl methyl sites for hydroxylation is 1. The van der Waals surface area contributed by atoms with Crippen molar-refractivity contribution >= 4 is 40.6 Å². The Morgan fingerprint density at radius 3 is 2.36 bits per heavy atom. The van der Waals surface area contributed by atoms with E-state index in [0.717, 1.165) is 54.8 Å². The summed E-state index contributed by atoms with van der Waals surface area (Å²) in [6, 6.07) is 22.2. The molecule has 0 spiro atoms. The van der Waals surface area contributed by atoms with Crippen LogP contribution in [0.3, 0.4) is 0 Å². The fourth-order valence-electron chi connectivity index (χ4n) is 5.57. The van der Waals surface area contributed by atoms with Crippen LogP contribution in [-0.4, -0.2) is 39.8 Å². The number of nitrogens with zero attached hydrogens (tertiary/aromatic N) is 2. The first-order valence-corrected chi connectivity index (χ1v) is 15.7. The van der Waals surface area contributed by atoms with Crippen LogP contribution in [0.15, 0.2) is 78.9 Å². The quantitative estimate of drug-likeness (QED) is 0.186. The molecule has 1 aliphatic rings. The van der Waals surface area contributed by atoms with Crippen LogP contribution in [-0.2, 0) is 11.2 Å². The Bertz CT molecular complexity index is 1600. The maximum Gasteiger partial charge on any atom is 0.273 e. The molecule has 1 saturated carbocycles. The van der Waals surface area contributed by atoms with Crippen molar-refractivity contribution in [1.29, 1.82) is 0 Å². The van der Waals surface area contributed by atoms with Gasteiger partial charge < -0.3 is 21.5 Å². The van der Waals surface area contributed by atoms with Crippen LogP contribution in [0, 0.1) is 6.92 Å². The maximum absolute atomic E-state index is 14.5. The highest BCUT2D eigenvalue weighted by atomic mass is 32.1. The predicted octanol–water partition coefficient (Wildman–Crippen LogP) is 5.55. The van der Waals surface area contributed by atoms with E-state index in [4.69, 9.17) is 5.73 Å². The van der Waals surface area contributed by atoms with Gasteiger partial charge in [0, 0.05) is 18.3 Å². The van der Waals surface area contributed by atoms with E-state index in [1.54, 1.807) is 24.3 Å². The van der Waals surface area contributed by atoms with Crippen molar-refractivity contribution in [2.45, 2.75) is 57.5 Å². The standard InChI is InChI=1S/C34H37N5O4S/c1-22-10-8-9-15-27(22)39(34(43)31-28(35)29(38-44-31)32(41)37-25-13-6-3-7-14-25)30(24-16-18-26(40)19-17-24)33(42)36-21-20-23-11-4-2-5-12-23/h2,4-5,8-12,15-19,25,30,40H,3,6-7,13-14,20-21,35H2,1H3,(H,36,42)(H,37,41)/t30-/m0/s1. The van der Waals surface area contributed by atoms with Gasteiger partial charge in [0.2, 0.25) is 5.91 Å². The molecule has 5 rings (SSSR count). The Morgan fingerprint density at radius 2 is 1.66 bits per heavy atom. The normalized spacial score (nSPS) is 14.0. The molecule has 9 nitrogen and oxygen atoms in total. The van der Waals surface area contributed by atoms with Crippen LogP contribution < -0.4 is 21.3 Å². The van der Waals surface area contributed by atoms with Gasteiger partial charge in [-0.1, -0.05) is 79.9 Å². The number of carbonyl (C=O) groups excluding carboxylic acids is 3. The van der Waals surface area contributed by atoms with Crippen LogP contribution in [0.4, 0.5) is 11.4 Å². The van der Waals surface area contributed by atoms with Crippen LogP contribution in [0.1, 0.15) is 75.0 Å². The van der Waals surface area contributed by atoms with Gasteiger partial charge in [-0.2, -0.15) is 4.37 Å². The lowest BCUT2D eigenvalue weighted by molar-refractivity contribution is -0.122. The number of phenolic OH excluding ortho intramolecular Hbond substituents is 1. The smallest absolute Gasteiger partial charge is 0.273 e. The molecular formula is C34H37N5O4S. The third-order valence-corrected chi connectivity index (χ3v) is 8.79. The molecule has 4 aromatic rings. The Labute approximate surface area is 261 Å². The van der Waals surface area contributed by atoms with E-state index < -0.39 is 23.8 Å². The van der Waals surface area contributed by atoms with Gasteiger partial charge in [0.1, 0.15) is 16.7 Å². The number of nitrogens with two attached hydrogens (primary N) is 1. The molecule has 5 N–H and O–H groups in total. The van der Waals surface area contributed by atoms with Gasteiger partial charge in [-0.3, -0.25) is 19.3 Å². The molecule has 1 aromatic heterocycles. The lowest BCUT2D eigenvalue weighted by Gasteiger charge is -2.32. The lowest BCUT2D eigenvalue weighted by atomic mass is 9.95. The van der Waals surface area contributed by atoms with Gasteiger partial charge >= 0.3 is 0 Å². The predicted molar refractivity (Wildman–Crippen MR) is 173 cm³/mol. The first kappa shape index (κ1) is 30.7. The average molecular weight is 612 g/mol. The number of para-hydroxylation sites is 1. The zero-order valence-corrected chi connectivity index (χ0v) is 25.5. The number of hydrogen-bond donors (Lipinski definition) is 4. The van der Waals surface area contributed by atoms with E-state index in [1.807, 2.05) is 49.4 Å². The minimum absolute atomic E-state index is 0.0131. The number of hydrogen-bond acceptors (Lipinski definition) is 7. The first-order chi connectivity index (χ1) is 21.3. The summed E-state index contributed by atoms with van der Waals surface area (Å²) in [7, 11) is 0. The number of rotatable bonds is 10. The number of anilines is 2. The van der Waals surface area contributed by atoms with Gasteiger partial charge in [-0.15, -0.1) is 0 Å². The minimum Gasteiger partial charge on any atom is -0.508 e. The van der Waals surface area contributed by atoms with Crippen molar-refractivity contribution in [3.05, 3.63) is 106 Å². The highest BCUT2D eigenvalue weighted by molar-refractivity contribution is 7.09. The molecule has 0 bridgehead atoms. The van der Waals surface area contributed by atoms with Crippen molar-refractivity contribution in [2.24, 2.45) is 0 Å². The molecular weight excluding hydrogens is 574 g/mol. The van der Waals surface area contributed by atoms with Gasteiger partial charge in [0.25, 0.3) is 11.8 Å². The summed E-state index contributed by atoms with van der Waals surface area (Å²) in [6.45, 7) is 2.21. The summed E-state index contributed by atoms with van der Waals surface area (Å²) in [5.41, 5.74) is 9.29. The van der Waals surface area contributed by atoms with Crippen LogP contribution in [0.5, 0.6) is 5.75 Å². The van der Waals surface area contributed by atoms with Gasteiger partial charge in [-0.25, -0.2) is 0 Å². The van der Waals surface area contributed by atoms with Crippen molar-refractivity contribution < 1.29 is 19.5 Å². The number of phenols is 1. The average Bonchev–Trinajstić information content (AvgIpc) is 3.43. The number of carbonyl (C=O) groups is 3. The first-order valence-electron chi connectivity index (χ1n) is 14.9. The Balaban J connectivity index is 1.50. The van der Waals surface area contributed by atoms with Crippen molar-refractivity contribution in [2.75, 3.05) is 17.2 Å². The molecule has 0 saturated heterocycles. The molecule has 0 unspecified atom stereocenters. The molecule has 3 aromatic carbocycles. The summed E-state index contributed by atoms with van der Waals surface area (Å²) in [4.78, 5) is 43.1. The summed E-state index contributed by atoms with van der Waals surface area (Å²) in [5, 5.41) is 16.0. The van der Waals surface area contributed by atoms with Crippen molar-refractivity contribution in [1.82, 2.24) is 15.0 Å². The molecule has 1 atom stereocenters. The van der Waals surface area contributed by atoms with E-state index in [1.165, 1.54) is 17.0 Å². The van der Waals surface area contributed by atoms with Gasteiger partial charge in [-0.05, 0) is 72.6 Å². The molecule has 0 radical (unpaired) electrons. The number of nitrogens with one attached hydrogen (secondary N) is 2. The number of aromatic nitrogens is 1. The van der Waals surface area contributed by atoms with Crippen molar-refractivity contribution in [3.63, 3.8) is 0 Å². The van der Waals surface area contributed by atoms with Crippen LogP contribution in [0.25, 0.3) is 0 Å². The minimum atomic E-state index is -1.11. The highest BCUT2D eigenvalue weighted by Gasteiger charge is 2.37. The van der Waals surface area contributed by atoms with E-state index in [0.29, 0.717) is 24.2 Å². The second kappa shape index (κ2) is 14.2. The van der Waals surface area contributed by atoms with E-state index >= 15 is 0 Å². The molecule has 1 heterocycles. The number of amides is 3. The molecule has 1 aliphatic carbocycles. The monoisotopic (exact) mass is 611 g/mol. The molecule has 228 valence electrons. The topological polar surface area (TPSA) is 138 Å². The molecule has 44 heavy (non-hydrogen) atoms. The Morgan fingerprint density at radius 1 is 0.977 bits per heavy atom. The molecule has 0 aliphatic heterocycles. The zero-order valence-electron chi connectivity index (χ0n) is 24.7. The summed E-state index contributed by atoms with van der Waals surface area (Å²) in [5.74, 6) is -1.32. The molecule has 3 amide bonds. The summed E-state index contributed by atoms with van der Waals surface area (Å²) in [6.07, 6.45) is 5.67. The van der Waals surface area contributed by atoms with Crippen LogP contribution in [0.2, 0.25) is 0 Å². The molecule has 1 fully saturated rings. The van der Waals surface area contributed by atoms with E-state index in [9.17, 15) is 19.5 Å². The second-order valence-corrected chi connectivity index (χ2v) is 11.8. The Hall–Kier alpha value is -4.70. The number of aromatic hydroxyl groups is 1. The second-order valence-electron chi connectivity index (χ2n) is 11.1. The number of benzene rings is 3. The third-order valence-electron chi connectivity index (χ3n) is 7.94. The fourth-order valence-corrected chi connectivity index (χ4v) is 6.31. The Kier molecular flexibility index (Phi) is 9.91.